The average Bonchev–Trinajstić information content (AvgIpc) is 2.16. The quantitative estimate of drug-likeness (QED) is 0.568. The zero-order chi connectivity index (χ0) is 10.1. The molecule has 0 saturated carbocycles. The molecule has 0 amide bonds. The van der Waals surface area contributed by atoms with Gasteiger partial charge in [0.25, 0.3) is 0 Å². The maximum Gasteiger partial charge on any atom is 0.103 e. The highest BCUT2D eigenvalue weighted by Crippen LogP contribution is 2.08. The molecular weight excluding hydrogens is 168 g/mol. The smallest absolute Gasteiger partial charge is 0.103 e. The number of ether oxygens (including phenoxy) is 1. The van der Waals surface area contributed by atoms with Gasteiger partial charge in [-0.3, -0.25) is 0 Å². The van der Waals surface area contributed by atoms with Crippen LogP contribution in [-0.4, -0.2) is 35.6 Å². The van der Waals surface area contributed by atoms with Crippen LogP contribution in [0.25, 0.3) is 0 Å². The Kier molecular flexibility index (Phi) is 8.40. The van der Waals surface area contributed by atoms with E-state index in [1.807, 2.05) is 6.92 Å². The molecule has 0 aliphatic rings. The van der Waals surface area contributed by atoms with Crippen LogP contribution in [0.5, 0.6) is 0 Å². The minimum absolute atomic E-state index is 0.193. The normalized spacial score (nSPS) is 15.7. The molecule has 0 aliphatic carbocycles. The van der Waals surface area contributed by atoms with Crippen molar-refractivity contribution in [3.8, 4) is 0 Å². The first-order valence-electron chi connectivity index (χ1n) is 5.16. The van der Waals surface area contributed by atoms with Crippen molar-refractivity contribution in [2.75, 3.05) is 13.2 Å². The van der Waals surface area contributed by atoms with Crippen LogP contribution in [0.2, 0.25) is 0 Å². The highest BCUT2D eigenvalue weighted by atomic mass is 16.5. The zero-order valence-corrected chi connectivity index (χ0v) is 8.70. The molecule has 0 bridgehead atoms. The SMILES string of the molecule is CCCCOC(CCC)C(O)CO. The van der Waals surface area contributed by atoms with Gasteiger partial charge in [0.15, 0.2) is 0 Å². The highest BCUT2D eigenvalue weighted by Gasteiger charge is 2.17. The number of unbranched alkanes of at least 4 members (excludes halogenated alkanes) is 1. The summed E-state index contributed by atoms with van der Waals surface area (Å²) in [5.41, 5.74) is 0. The summed E-state index contributed by atoms with van der Waals surface area (Å²) in [6.45, 7) is 4.61. The van der Waals surface area contributed by atoms with Crippen molar-refractivity contribution < 1.29 is 14.9 Å². The van der Waals surface area contributed by atoms with Crippen molar-refractivity contribution in [3.05, 3.63) is 0 Å². The van der Waals surface area contributed by atoms with E-state index in [1.165, 1.54) is 0 Å². The molecular formula is C10H22O3. The zero-order valence-electron chi connectivity index (χ0n) is 8.70. The Hall–Kier alpha value is -0.120. The minimum atomic E-state index is -0.725. The van der Waals surface area contributed by atoms with Crippen LogP contribution in [0.1, 0.15) is 39.5 Å². The van der Waals surface area contributed by atoms with Gasteiger partial charge in [-0.2, -0.15) is 0 Å². The number of hydrogen-bond acceptors (Lipinski definition) is 3. The highest BCUT2D eigenvalue weighted by molar-refractivity contribution is 4.67. The molecule has 80 valence electrons. The molecule has 0 aliphatic heterocycles. The Balaban J connectivity index is 3.65. The molecule has 13 heavy (non-hydrogen) atoms. The van der Waals surface area contributed by atoms with Crippen LogP contribution < -0.4 is 0 Å². The standard InChI is InChI=1S/C10H22O3/c1-3-5-7-13-10(6-4-2)9(12)8-11/h9-12H,3-8H2,1-2H3. The van der Waals surface area contributed by atoms with E-state index in [-0.39, 0.29) is 12.7 Å². The molecule has 3 heteroatoms. The van der Waals surface area contributed by atoms with Crippen LogP contribution in [-0.2, 0) is 4.74 Å². The molecule has 0 aromatic heterocycles. The minimum Gasteiger partial charge on any atom is -0.394 e. The van der Waals surface area contributed by atoms with Gasteiger partial charge in [0.2, 0.25) is 0 Å². The molecule has 0 spiro atoms. The largest absolute Gasteiger partial charge is 0.394 e. The summed E-state index contributed by atoms with van der Waals surface area (Å²) in [6.07, 6.45) is 2.96. The first-order valence-corrected chi connectivity index (χ1v) is 5.16. The third kappa shape index (κ3) is 6.02. The van der Waals surface area contributed by atoms with Crippen LogP contribution in [0, 0.1) is 0 Å². The lowest BCUT2D eigenvalue weighted by Crippen LogP contribution is -2.32. The first-order chi connectivity index (χ1) is 6.26. The van der Waals surface area contributed by atoms with E-state index in [4.69, 9.17) is 9.84 Å². The van der Waals surface area contributed by atoms with Crippen LogP contribution in [0.4, 0.5) is 0 Å². The fourth-order valence-electron chi connectivity index (χ4n) is 1.17. The number of rotatable bonds is 8. The Bertz CT molecular complexity index is 106. The van der Waals surface area contributed by atoms with Crippen molar-refractivity contribution in [3.63, 3.8) is 0 Å². The molecule has 0 heterocycles. The van der Waals surface area contributed by atoms with Crippen molar-refractivity contribution in [1.29, 1.82) is 0 Å². The van der Waals surface area contributed by atoms with Crippen molar-refractivity contribution >= 4 is 0 Å². The number of aliphatic hydroxyl groups is 2. The lowest BCUT2D eigenvalue weighted by atomic mass is 10.1. The van der Waals surface area contributed by atoms with Gasteiger partial charge in [0.1, 0.15) is 6.10 Å². The van der Waals surface area contributed by atoms with Crippen LogP contribution in [0.3, 0.4) is 0 Å². The van der Waals surface area contributed by atoms with Gasteiger partial charge in [0, 0.05) is 6.61 Å². The average molecular weight is 190 g/mol. The second-order valence-corrected chi connectivity index (χ2v) is 3.30. The van der Waals surface area contributed by atoms with Gasteiger partial charge in [-0.05, 0) is 12.8 Å². The Morgan fingerprint density at radius 3 is 2.38 bits per heavy atom. The van der Waals surface area contributed by atoms with E-state index in [1.54, 1.807) is 0 Å². The molecule has 2 atom stereocenters. The second-order valence-electron chi connectivity index (χ2n) is 3.30. The fourth-order valence-corrected chi connectivity index (χ4v) is 1.17. The van der Waals surface area contributed by atoms with Gasteiger partial charge in [-0.1, -0.05) is 26.7 Å². The third-order valence-electron chi connectivity index (χ3n) is 2.02. The van der Waals surface area contributed by atoms with Crippen molar-refractivity contribution in [1.82, 2.24) is 0 Å². The molecule has 0 aromatic carbocycles. The second kappa shape index (κ2) is 8.48. The van der Waals surface area contributed by atoms with E-state index in [0.717, 1.165) is 25.7 Å². The Morgan fingerprint density at radius 1 is 1.23 bits per heavy atom. The summed E-state index contributed by atoms with van der Waals surface area (Å²) >= 11 is 0. The predicted molar refractivity (Wildman–Crippen MR) is 52.6 cm³/mol. The van der Waals surface area contributed by atoms with Crippen LogP contribution >= 0.6 is 0 Å². The lowest BCUT2D eigenvalue weighted by Gasteiger charge is -2.21. The van der Waals surface area contributed by atoms with E-state index in [0.29, 0.717) is 6.61 Å². The summed E-state index contributed by atoms with van der Waals surface area (Å²) < 4.78 is 5.47. The molecule has 2 unspecified atom stereocenters. The fraction of sp³-hybridized carbons (Fsp3) is 1.00. The predicted octanol–water partition coefficient (Wildman–Crippen LogP) is 1.32. The summed E-state index contributed by atoms with van der Waals surface area (Å²) in [6, 6.07) is 0. The van der Waals surface area contributed by atoms with Gasteiger partial charge >= 0.3 is 0 Å². The van der Waals surface area contributed by atoms with Crippen LogP contribution in [0.15, 0.2) is 0 Å². The Labute approximate surface area is 80.7 Å². The van der Waals surface area contributed by atoms with Gasteiger partial charge in [-0.15, -0.1) is 0 Å². The summed E-state index contributed by atoms with van der Waals surface area (Å²) in [5.74, 6) is 0. The van der Waals surface area contributed by atoms with E-state index >= 15 is 0 Å². The molecule has 0 aromatic rings. The van der Waals surface area contributed by atoms with Crippen molar-refractivity contribution in [2.45, 2.75) is 51.7 Å². The monoisotopic (exact) mass is 190 g/mol. The molecule has 2 N–H and O–H groups in total. The first kappa shape index (κ1) is 12.9. The number of aliphatic hydroxyl groups excluding tert-OH is 2. The van der Waals surface area contributed by atoms with Gasteiger partial charge in [0.05, 0.1) is 12.7 Å². The van der Waals surface area contributed by atoms with E-state index < -0.39 is 6.10 Å². The molecule has 0 fully saturated rings. The van der Waals surface area contributed by atoms with E-state index in [2.05, 4.69) is 6.92 Å². The molecule has 0 radical (unpaired) electrons. The molecule has 3 nitrogen and oxygen atoms in total. The molecule has 0 rings (SSSR count). The maximum absolute atomic E-state index is 9.37. The summed E-state index contributed by atoms with van der Waals surface area (Å²) in [5, 5.41) is 18.1. The Morgan fingerprint density at radius 2 is 1.92 bits per heavy atom. The third-order valence-corrected chi connectivity index (χ3v) is 2.02. The summed E-state index contributed by atoms with van der Waals surface area (Å²) in [7, 11) is 0. The topological polar surface area (TPSA) is 49.7 Å². The molecule has 0 saturated heterocycles. The lowest BCUT2D eigenvalue weighted by molar-refractivity contribution is -0.0620. The van der Waals surface area contributed by atoms with Gasteiger partial charge < -0.3 is 14.9 Å². The summed E-state index contributed by atoms with van der Waals surface area (Å²) in [4.78, 5) is 0. The van der Waals surface area contributed by atoms with E-state index in [9.17, 15) is 5.11 Å². The van der Waals surface area contributed by atoms with Gasteiger partial charge in [-0.25, -0.2) is 0 Å². The van der Waals surface area contributed by atoms with Crippen molar-refractivity contribution in [2.24, 2.45) is 0 Å². The number of hydrogen-bond donors (Lipinski definition) is 2. The maximum atomic E-state index is 9.37.